The second-order valence-corrected chi connectivity index (χ2v) is 8.53. The molecule has 2 aliphatic heterocycles. The van der Waals surface area contributed by atoms with Crippen LogP contribution in [0.15, 0.2) is 30.3 Å². The lowest BCUT2D eigenvalue weighted by Crippen LogP contribution is -2.50. The first-order valence-corrected chi connectivity index (χ1v) is 10.5. The quantitative estimate of drug-likeness (QED) is 0.802. The summed E-state index contributed by atoms with van der Waals surface area (Å²) in [6.45, 7) is 4.24. The summed E-state index contributed by atoms with van der Waals surface area (Å²) >= 11 is 0. The number of hydrogen-bond donors (Lipinski definition) is 1. The summed E-state index contributed by atoms with van der Waals surface area (Å²) in [7, 11) is 0. The highest BCUT2D eigenvalue weighted by atomic mass is 16.2. The van der Waals surface area contributed by atoms with Crippen LogP contribution in [0, 0.1) is 5.41 Å². The molecule has 3 aliphatic rings. The van der Waals surface area contributed by atoms with Crippen molar-refractivity contribution in [3.8, 4) is 0 Å². The average molecular weight is 370 g/mol. The third-order valence-corrected chi connectivity index (χ3v) is 6.37. The van der Waals surface area contributed by atoms with Crippen molar-refractivity contribution in [2.24, 2.45) is 5.41 Å². The van der Waals surface area contributed by atoms with Gasteiger partial charge >= 0.3 is 0 Å². The number of rotatable bonds is 7. The van der Waals surface area contributed by atoms with Crippen LogP contribution in [-0.4, -0.2) is 60.4 Å². The molecular formula is C22H31N3O2. The first-order chi connectivity index (χ1) is 13.1. The van der Waals surface area contributed by atoms with Crippen LogP contribution in [0.2, 0.25) is 0 Å². The Labute approximate surface area is 162 Å². The van der Waals surface area contributed by atoms with Crippen LogP contribution in [-0.2, 0) is 16.0 Å². The second-order valence-electron chi connectivity index (χ2n) is 8.53. The third kappa shape index (κ3) is 4.52. The fourth-order valence-electron chi connectivity index (χ4n) is 4.59. The van der Waals surface area contributed by atoms with E-state index >= 15 is 0 Å². The maximum Gasteiger partial charge on any atom is 0.230 e. The second kappa shape index (κ2) is 8.01. The van der Waals surface area contributed by atoms with Gasteiger partial charge in [0.2, 0.25) is 11.8 Å². The molecule has 1 saturated carbocycles. The van der Waals surface area contributed by atoms with E-state index in [9.17, 15) is 9.59 Å². The van der Waals surface area contributed by atoms with E-state index in [1.165, 1.54) is 5.56 Å². The molecule has 1 N–H and O–H groups in total. The number of piperidine rings is 1. The van der Waals surface area contributed by atoms with E-state index in [0.717, 1.165) is 71.2 Å². The van der Waals surface area contributed by atoms with E-state index < -0.39 is 0 Å². The van der Waals surface area contributed by atoms with Gasteiger partial charge in [-0.3, -0.25) is 9.59 Å². The van der Waals surface area contributed by atoms with Crippen LogP contribution < -0.4 is 5.32 Å². The van der Waals surface area contributed by atoms with Crippen LogP contribution in [0.3, 0.4) is 0 Å². The lowest BCUT2D eigenvalue weighted by atomic mass is 9.78. The van der Waals surface area contributed by atoms with Crippen molar-refractivity contribution < 1.29 is 9.59 Å². The summed E-state index contributed by atoms with van der Waals surface area (Å²) in [4.78, 5) is 29.6. The van der Waals surface area contributed by atoms with Crippen LogP contribution in [0.4, 0.5) is 0 Å². The smallest absolute Gasteiger partial charge is 0.230 e. The van der Waals surface area contributed by atoms with E-state index in [1.807, 2.05) is 6.07 Å². The minimum absolute atomic E-state index is 0.165. The minimum Gasteiger partial charge on any atom is -0.353 e. The molecule has 5 nitrogen and oxygen atoms in total. The third-order valence-electron chi connectivity index (χ3n) is 6.37. The highest BCUT2D eigenvalue weighted by molar-refractivity contribution is 5.84. The summed E-state index contributed by atoms with van der Waals surface area (Å²) in [6, 6.07) is 10.8. The standard InChI is InChI=1S/C22H31N3O2/c26-20(23-19-7-8-19)10-14-24-16-12-22(17-24)11-4-13-25(21(22)27)15-9-18-5-2-1-3-6-18/h1-3,5-6,19H,4,7-17H2,(H,23,26)/t22-/m0/s1. The van der Waals surface area contributed by atoms with Gasteiger partial charge < -0.3 is 15.1 Å². The van der Waals surface area contributed by atoms with Crippen LogP contribution in [0.25, 0.3) is 0 Å². The van der Waals surface area contributed by atoms with E-state index in [1.54, 1.807) is 0 Å². The molecule has 0 unspecified atom stereocenters. The number of nitrogens with one attached hydrogen (secondary N) is 1. The number of hydrogen-bond acceptors (Lipinski definition) is 3. The Kier molecular flexibility index (Phi) is 5.48. The van der Waals surface area contributed by atoms with E-state index in [0.29, 0.717) is 18.4 Å². The van der Waals surface area contributed by atoms with Gasteiger partial charge in [-0.2, -0.15) is 0 Å². The molecule has 3 fully saturated rings. The van der Waals surface area contributed by atoms with Gasteiger partial charge in [-0.05, 0) is 50.6 Å². The lowest BCUT2D eigenvalue weighted by Gasteiger charge is -2.39. The van der Waals surface area contributed by atoms with Crippen LogP contribution in [0.1, 0.15) is 44.1 Å². The molecule has 2 saturated heterocycles. The first kappa shape index (κ1) is 18.5. The van der Waals surface area contributed by atoms with Crippen molar-refractivity contribution in [1.29, 1.82) is 0 Å². The Hall–Kier alpha value is -1.88. The normalized spacial score (nSPS) is 25.9. The summed E-state index contributed by atoms with van der Waals surface area (Å²) in [5, 5.41) is 3.06. The van der Waals surface area contributed by atoms with E-state index in [4.69, 9.17) is 0 Å². The zero-order valence-corrected chi connectivity index (χ0v) is 16.2. The Bertz CT molecular complexity index is 673. The van der Waals surface area contributed by atoms with Gasteiger partial charge in [0.05, 0.1) is 5.41 Å². The number of benzene rings is 1. The molecule has 27 heavy (non-hydrogen) atoms. The van der Waals surface area contributed by atoms with Crippen molar-refractivity contribution in [3.63, 3.8) is 0 Å². The Morgan fingerprint density at radius 3 is 2.70 bits per heavy atom. The predicted molar refractivity (Wildman–Crippen MR) is 105 cm³/mol. The molecule has 1 aromatic rings. The van der Waals surface area contributed by atoms with Crippen molar-refractivity contribution in [1.82, 2.24) is 15.1 Å². The number of carbonyl (C=O) groups excluding carboxylic acids is 2. The number of nitrogens with zero attached hydrogens (tertiary/aromatic N) is 2. The molecule has 4 rings (SSSR count). The number of likely N-dealkylation sites (tertiary alicyclic amines) is 2. The highest BCUT2D eigenvalue weighted by Crippen LogP contribution is 2.40. The number of amides is 2. The summed E-state index contributed by atoms with van der Waals surface area (Å²) in [5.41, 5.74) is 1.08. The van der Waals surface area contributed by atoms with E-state index in [2.05, 4.69) is 39.4 Å². The van der Waals surface area contributed by atoms with Crippen LogP contribution in [0.5, 0.6) is 0 Å². The van der Waals surface area contributed by atoms with Gasteiger partial charge in [0.25, 0.3) is 0 Å². The molecule has 0 bridgehead atoms. The van der Waals surface area contributed by atoms with Crippen molar-refractivity contribution in [2.75, 3.05) is 32.7 Å². The average Bonchev–Trinajstić information content (AvgIpc) is 3.40. The fraction of sp³-hybridized carbons (Fsp3) is 0.636. The summed E-state index contributed by atoms with van der Waals surface area (Å²) in [5.74, 6) is 0.507. The van der Waals surface area contributed by atoms with Crippen molar-refractivity contribution >= 4 is 11.8 Å². The topological polar surface area (TPSA) is 52.7 Å². The van der Waals surface area contributed by atoms with Crippen molar-refractivity contribution in [3.05, 3.63) is 35.9 Å². The number of carbonyl (C=O) groups is 2. The van der Waals surface area contributed by atoms with Gasteiger partial charge in [0, 0.05) is 38.6 Å². The SMILES string of the molecule is O=C(CCN1CC[C@@]2(CCCN(CCc3ccccc3)C2=O)C1)NC1CC1. The maximum atomic E-state index is 13.2. The molecular weight excluding hydrogens is 338 g/mol. The largest absolute Gasteiger partial charge is 0.353 e. The maximum absolute atomic E-state index is 13.2. The van der Waals surface area contributed by atoms with Gasteiger partial charge in [-0.25, -0.2) is 0 Å². The Balaban J connectivity index is 1.28. The Morgan fingerprint density at radius 2 is 1.93 bits per heavy atom. The molecule has 0 aromatic heterocycles. The molecule has 146 valence electrons. The Morgan fingerprint density at radius 1 is 1.11 bits per heavy atom. The highest BCUT2D eigenvalue weighted by Gasteiger charge is 2.48. The van der Waals surface area contributed by atoms with Gasteiger partial charge in [-0.15, -0.1) is 0 Å². The fourth-order valence-corrected chi connectivity index (χ4v) is 4.59. The molecule has 1 aromatic carbocycles. The minimum atomic E-state index is -0.206. The molecule has 0 radical (unpaired) electrons. The van der Waals surface area contributed by atoms with Gasteiger partial charge in [-0.1, -0.05) is 30.3 Å². The molecule has 1 atom stereocenters. The zero-order valence-electron chi connectivity index (χ0n) is 16.2. The first-order valence-electron chi connectivity index (χ1n) is 10.5. The van der Waals surface area contributed by atoms with E-state index in [-0.39, 0.29) is 11.3 Å². The molecule has 5 heteroatoms. The zero-order chi connectivity index (χ0) is 18.7. The molecule has 1 spiro atoms. The molecule has 1 aliphatic carbocycles. The van der Waals surface area contributed by atoms with Gasteiger partial charge in [0.1, 0.15) is 0 Å². The molecule has 2 heterocycles. The lowest BCUT2D eigenvalue weighted by molar-refractivity contribution is -0.145. The molecule has 2 amide bonds. The van der Waals surface area contributed by atoms with Gasteiger partial charge in [0.15, 0.2) is 0 Å². The predicted octanol–water partition coefficient (Wildman–Crippen LogP) is 2.21. The summed E-state index contributed by atoms with van der Waals surface area (Å²) in [6.07, 6.45) is 6.77. The summed E-state index contributed by atoms with van der Waals surface area (Å²) < 4.78 is 0. The van der Waals surface area contributed by atoms with Crippen LogP contribution >= 0.6 is 0 Å². The van der Waals surface area contributed by atoms with Crippen molar-refractivity contribution in [2.45, 2.75) is 51.0 Å². The monoisotopic (exact) mass is 369 g/mol.